The highest BCUT2D eigenvalue weighted by Gasteiger charge is 2.38. The normalized spacial score (nSPS) is 17.6. The monoisotopic (exact) mass is 407 g/mol. The largest absolute Gasteiger partial charge is 0.437 e. The molecule has 0 bridgehead atoms. The standard InChI is InChI=1S/C17H38FNO3Si3/c1-23(2,3)21-25(6,7)22-24(4,5)15-11-14-19(17(18)20)16-12-9-8-10-13-16/h16H,8-15H2,1-7H3. The summed E-state index contributed by atoms with van der Waals surface area (Å²) in [5.74, 6) is 0. The molecule has 25 heavy (non-hydrogen) atoms. The van der Waals surface area contributed by atoms with Crippen LogP contribution in [0.4, 0.5) is 9.18 Å². The Morgan fingerprint density at radius 2 is 1.56 bits per heavy atom. The molecule has 1 fully saturated rings. The van der Waals surface area contributed by atoms with E-state index in [-0.39, 0.29) is 6.04 Å². The molecule has 0 aromatic carbocycles. The molecule has 0 aromatic rings. The second kappa shape index (κ2) is 9.25. The summed E-state index contributed by atoms with van der Waals surface area (Å²) < 4.78 is 26.3. The third-order valence-electron chi connectivity index (χ3n) is 4.49. The fourth-order valence-corrected chi connectivity index (χ4v) is 17.1. The molecule has 0 heterocycles. The highest BCUT2D eigenvalue weighted by Crippen LogP contribution is 2.26. The molecule has 148 valence electrons. The highest BCUT2D eigenvalue weighted by molar-refractivity contribution is 6.87. The van der Waals surface area contributed by atoms with Gasteiger partial charge in [-0.25, -0.2) is 4.79 Å². The second-order valence-electron chi connectivity index (χ2n) is 9.32. The summed E-state index contributed by atoms with van der Waals surface area (Å²) in [6.07, 6.45) is 4.84. The topological polar surface area (TPSA) is 38.8 Å². The number of carbonyl (C=O) groups excluding carboxylic acids is 1. The van der Waals surface area contributed by atoms with Gasteiger partial charge < -0.3 is 13.1 Å². The number of nitrogens with zero attached hydrogens (tertiary/aromatic N) is 1. The van der Waals surface area contributed by atoms with Crippen LogP contribution in [0, 0.1) is 0 Å². The summed E-state index contributed by atoms with van der Waals surface area (Å²) >= 11 is 0. The zero-order valence-electron chi connectivity index (χ0n) is 17.3. The molecule has 8 heteroatoms. The SMILES string of the molecule is C[Si](C)(C)O[Si](C)(C)O[Si](C)(C)CCCN(C(=O)F)C1CCCCC1. The van der Waals surface area contributed by atoms with E-state index in [1.165, 1.54) is 11.3 Å². The lowest BCUT2D eigenvalue weighted by atomic mass is 9.94. The maximum absolute atomic E-state index is 13.5. The maximum Gasteiger partial charge on any atom is 0.400 e. The van der Waals surface area contributed by atoms with Crippen molar-refractivity contribution in [2.75, 3.05) is 6.54 Å². The molecule has 0 radical (unpaired) electrons. The average Bonchev–Trinajstić information content (AvgIpc) is 2.40. The Balaban J connectivity index is 2.52. The zero-order valence-corrected chi connectivity index (χ0v) is 20.3. The first-order valence-corrected chi connectivity index (χ1v) is 19.0. The molecule has 0 aliphatic heterocycles. The van der Waals surface area contributed by atoms with Gasteiger partial charge in [-0.05, 0) is 71.1 Å². The Morgan fingerprint density at radius 3 is 2.04 bits per heavy atom. The van der Waals surface area contributed by atoms with Gasteiger partial charge in [0.2, 0.25) is 0 Å². The van der Waals surface area contributed by atoms with Crippen molar-refractivity contribution < 1.29 is 17.4 Å². The molecule has 1 saturated carbocycles. The third-order valence-corrected chi connectivity index (χ3v) is 14.6. The molecule has 1 aliphatic rings. The maximum atomic E-state index is 13.5. The Kier molecular flexibility index (Phi) is 8.52. The van der Waals surface area contributed by atoms with E-state index in [1.807, 2.05) is 0 Å². The number of halogens is 1. The minimum atomic E-state index is -2.14. The molecule has 4 nitrogen and oxygen atoms in total. The van der Waals surface area contributed by atoms with Gasteiger partial charge in [0.1, 0.15) is 0 Å². The summed E-state index contributed by atoms with van der Waals surface area (Å²) in [6, 6.07) is 1.02. The van der Waals surface area contributed by atoms with Gasteiger partial charge in [0, 0.05) is 12.6 Å². The molecule has 0 atom stereocenters. The predicted octanol–water partition coefficient (Wildman–Crippen LogP) is 5.88. The van der Waals surface area contributed by atoms with Gasteiger partial charge >= 0.3 is 14.7 Å². The fraction of sp³-hybridized carbons (Fsp3) is 0.941. The summed E-state index contributed by atoms with van der Waals surface area (Å²) in [4.78, 5) is 12.9. The van der Waals surface area contributed by atoms with Crippen molar-refractivity contribution in [1.29, 1.82) is 0 Å². The third kappa shape index (κ3) is 9.46. The number of rotatable bonds is 9. The van der Waals surface area contributed by atoms with E-state index in [1.54, 1.807) is 0 Å². The van der Waals surface area contributed by atoms with E-state index in [9.17, 15) is 9.18 Å². The van der Waals surface area contributed by atoms with E-state index >= 15 is 0 Å². The van der Waals surface area contributed by atoms with Crippen molar-refractivity contribution in [3.8, 4) is 0 Å². The molecule has 0 aromatic heterocycles. The molecular weight excluding hydrogens is 369 g/mol. The van der Waals surface area contributed by atoms with Crippen LogP contribution in [0.3, 0.4) is 0 Å². The first-order chi connectivity index (χ1) is 11.3. The lowest BCUT2D eigenvalue weighted by Crippen LogP contribution is -2.51. The van der Waals surface area contributed by atoms with Crippen LogP contribution in [0.5, 0.6) is 0 Å². The summed E-state index contributed by atoms with van der Waals surface area (Å²) in [5.41, 5.74) is 0. The van der Waals surface area contributed by atoms with Crippen LogP contribution in [-0.4, -0.2) is 48.8 Å². The van der Waals surface area contributed by atoms with Gasteiger partial charge in [0.15, 0.2) is 16.6 Å². The second-order valence-corrected chi connectivity index (χ2v) is 22.0. The Morgan fingerprint density at radius 1 is 1.00 bits per heavy atom. The van der Waals surface area contributed by atoms with Crippen molar-refractivity contribution in [1.82, 2.24) is 4.90 Å². The van der Waals surface area contributed by atoms with Crippen molar-refractivity contribution in [3.63, 3.8) is 0 Å². The van der Waals surface area contributed by atoms with Crippen LogP contribution >= 0.6 is 0 Å². The molecule has 0 unspecified atom stereocenters. The summed E-state index contributed by atoms with van der Waals surface area (Å²) in [6.45, 7) is 15.7. The van der Waals surface area contributed by atoms with E-state index in [2.05, 4.69) is 45.8 Å². The first kappa shape index (κ1) is 23.0. The number of amides is 1. The van der Waals surface area contributed by atoms with E-state index < -0.39 is 31.4 Å². The average molecular weight is 408 g/mol. The highest BCUT2D eigenvalue weighted by atomic mass is 28.5. The van der Waals surface area contributed by atoms with Crippen molar-refractivity contribution >= 4 is 31.4 Å². The lowest BCUT2D eigenvalue weighted by molar-refractivity contribution is 0.135. The van der Waals surface area contributed by atoms with Crippen molar-refractivity contribution in [3.05, 3.63) is 0 Å². The van der Waals surface area contributed by atoms with Gasteiger partial charge in [0.05, 0.1) is 0 Å². The minimum absolute atomic E-state index is 0.0954. The molecule has 1 aliphatic carbocycles. The van der Waals surface area contributed by atoms with Gasteiger partial charge in [-0.1, -0.05) is 19.3 Å². The van der Waals surface area contributed by atoms with Crippen LogP contribution in [0.15, 0.2) is 0 Å². The molecule has 0 N–H and O–H groups in total. The van der Waals surface area contributed by atoms with E-state index in [0.717, 1.165) is 38.1 Å². The molecule has 1 rings (SSSR count). The van der Waals surface area contributed by atoms with Crippen LogP contribution in [0.25, 0.3) is 0 Å². The van der Waals surface area contributed by atoms with Crippen molar-refractivity contribution in [2.24, 2.45) is 0 Å². The smallest absolute Gasteiger partial charge is 0.400 e. The van der Waals surface area contributed by atoms with Gasteiger partial charge in [-0.3, -0.25) is 0 Å². The van der Waals surface area contributed by atoms with Crippen molar-refractivity contribution in [2.45, 2.75) is 96.4 Å². The Labute approximate surface area is 157 Å². The Bertz CT molecular complexity index is 435. The Hall–Kier alpha value is -0.0294. The lowest BCUT2D eigenvalue weighted by Gasteiger charge is -2.38. The van der Waals surface area contributed by atoms with Gasteiger partial charge in [0.25, 0.3) is 0 Å². The van der Waals surface area contributed by atoms with Crippen LogP contribution < -0.4 is 0 Å². The van der Waals surface area contributed by atoms with Gasteiger partial charge in [-0.2, -0.15) is 0 Å². The van der Waals surface area contributed by atoms with Crippen LogP contribution in [0.1, 0.15) is 38.5 Å². The van der Waals surface area contributed by atoms with Crippen LogP contribution in [0.2, 0.25) is 51.9 Å². The number of carbonyl (C=O) groups is 1. The van der Waals surface area contributed by atoms with E-state index in [0.29, 0.717) is 6.54 Å². The van der Waals surface area contributed by atoms with E-state index in [4.69, 9.17) is 8.23 Å². The molecule has 1 amide bonds. The zero-order chi connectivity index (χ0) is 19.3. The molecule has 0 saturated heterocycles. The quantitative estimate of drug-likeness (QED) is 0.272. The summed E-state index contributed by atoms with van der Waals surface area (Å²) in [7, 11) is -5.65. The number of hydrogen-bond acceptors (Lipinski definition) is 3. The number of hydrogen-bond donors (Lipinski definition) is 0. The molecular formula is C17H38FNO3Si3. The first-order valence-electron chi connectivity index (χ1n) is 9.68. The predicted molar refractivity (Wildman–Crippen MR) is 110 cm³/mol. The molecule has 0 spiro atoms. The van der Waals surface area contributed by atoms with Crippen LogP contribution in [-0.2, 0) is 8.23 Å². The summed E-state index contributed by atoms with van der Waals surface area (Å²) in [5, 5.41) is 0. The minimum Gasteiger partial charge on any atom is -0.437 e. The van der Waals surface area contributed by atoms with Gasteiger partial charge in [-0.15, -0.1) is 4.39 Å². The fourth-order valence-electron chi connectivity index (χ4n) is 3.96.